The predicted octanol–water partition coefficient (Wildman–Crippen LogP) is 1.25. The summed E-state index contributed by atoms with van der Waals surface area (Å²) in [5, 5.41) is 5.84. The summed E-state index contributed by atoms with van der Waals surface area (Å²) in [7, 11) is 0. The Bertz CT molecular complexity index is 388. The molecule has 14 heavy (non-hydrogen) atoms. The molecule has 1 aromatic carbocycles. The first-order valence-corrected chi connectivity index (χ1v) is 4.42. The zero-order valence-corrected chi connectivity index (χ0v) is 7.54. The summed E-state index contributed by atoms with van der Waals surface area (Å²) in [4.78, 5) is 21.7. The number of benzene rings is 1. The van der Waals surface area contributed by atoms with Gasteiger partial charge in [0.15, 0.2) is 0 Å². The highest BCUT2D eigenvalue weighted by molar-refractivity contribution is 5.96. The summed E-state index contributed by atoms with van der Waals surface area (Å²) < 4.78 is 0. The van der Waals surface area contributed by atoms with E-state index in [1.807, 2.05) is 0 Å². The normalized spacial score (nSPS) is 14.7. The molecule has 1 aromatic rings. The van der Waals surface area contributed by atoms with Gasteiger partial charge in [0.1, 0.15) is 6.29 Å². The van der Waals surface area contributed by atoms with Gasteiger partial charge in [0, 0.05) is 18.5 Å². The third kappa shape index (κ3) is 1.59. The van der Waals surface area contributed by atoms with E-state index < -0.39 is 0 Å². The van der Waals surface area contributed by atoms with Crippen LogP contribution in [0.1, 0.15) is 16.8 Å². The van der Waals surface area contributed by atoms with Crippen molar-refractivity contribution in [3.63, 3.8) is 0 Å². The molecule has 72 valence electrons. The number of rotatable bonds is 1. The SMILES string of the molecule is O=Cc1ccc2c(c1)NCCC(=O)N2. The van der Waals surface area contributed by atoms with Gasteiger partial charge in [-0.2, -0.15) is 0 Å². The van der Waals surface area contributed by atoms with Crippen LogP contribution in [0.3, 0.4) is 0 Å². The number of amides is 1. The molecule has 0 aliphatic carbocycles. The largest absolute Gasteiger partial charge is 0.383 e. The highest BCUT2D eigenvalue weighted by Gasteiger charge is 2.11. The van der Waals surface area contributed by atoms with Crippen LogP contribution in [0.5, 0.6) is 0 Å². The van der Waals surface area contributed by atoms with E-state index in [9.17, 15) is 9.59 Å². The molecular weight excluding hydrogens is 180 g/mol. The molecule has 2 rings (SSSR count). The van der Waals surface area contributed by atoms with E-state index in [0.717, 1.165) is 17.7 Å². The van der Waals surface area contributed by atoms with Gasteiger partial charge in [-0.05, 0) is 18.2 Å². The van der Waals surface area contributed by atoms with Gasteiger partial charge in [-0.15, -0.1) is 0 Å². The van der Waals surface area contributed by atoms with Crippen LogP contribution < -0.4 is 10.6 Å². The van der Waals surface area contributed by atoms with E-state index in [1.54, 1.807) is 18.2 Å². The molecule has 4 heteroatoms. The van der Waals surface area contributed by atoms with E-state index in [1.165, 1.54) is 0 Å². The maximum Gasteiger partial charge on any atom is 0.226 e. The van der Waals surface area contributed by atoms with Gasteiger partial charge < -0.3 is 10.6 Å². The lowest BCUT2D eigenvalue weighted by atomic mass is 10.2. The number of carbonyl (C=O) groups is 2. The maximum atomic E-state index is 11.2. The van der Waals surface area contributed by atoms with Crippen molar-refractivity contribution in [2.75, 3.05) is 17.2 Å². The van der Waals surface area contributed by atoms with Gasteiger partial charge in [0.25, 0.3) is 0 Å². The van der Waals surface area contributed by atoms with Crippen molar-refractivity contribution in [2.24, 2.45) is 0 Å². The number of hydrogen-bond acceptors (Lipinski definition) is 3. The Morgan fingerprint density at radius 3 is 2.93 bits per heavy atom. The molecule has 0 aromatic heterocycles. The van der Waals surface area contributed by atoms with Crippen LogP contribution in [0.4, 0.5) is 11.4 Å². The fraction of sp³-hybridized carbons (Fsp3) is 0.200. The topological polar surface area (TPSA) is 58.2 Å². The molecule has 1 aliphatic rings. The number of hydrogen-bond donors (Lipinski definition) is 2. The average molecular weight is 190 g/mol. The Labute approximate surface area is 81.3 Å². The summed E-state index contributed by atoms with van der Waals surface area (Å²) in [6, 6.07) is 5.14. The highest BCUT2D eigenvalue weighted by atomic mass is 16.1. The van der Waals surface area contributed by atoms with Crippen LogP contribution in [-0.2, 0) is 4.79 Å². The van der Waals surface area contributed by atoms with Crippen molar-refractivity contribution in [2.45, 2.75) is 6.42 Å². The quantitative estimate of drug-likeness (QED) is 0.655. The number of carbonyl (C=O) groups excluding carboxylic acids is 2. The van der Waals surface area contributed by atoms with E-state index in [2.05, 4.69) is 10.6 Å². The molecule has 0 fully saturated rings. The van der Waals surface area contributed by atoms with Crippen LogP contribution in [-0.4, -0.2) is 18.7 Å². The molecule has 1 heterocycles. The number of fused-ring (bicyclic) bond motifs is 1. The summed E-state index contributed by atoms with van der Waals surface area (Å²) in [6.45, 7) is 0.598. The third-order valence-corrected chi connectivity index (χ3v) is 2.12. The van der Waals surface area contributed by atoms with Crippen molar-refractivity contribution in [3.05, 3.63) is 23.8 Å². The zero-order valence-electron chi connectivity index (χ0n) is 7.54. The van der Waals surface area contributed by atoms with Crippen LogP contribution in [0.25, 0.3) is 0 Å². The second kappa shape index (κ2) is 3.49. The molecule has 2 N–H and O–H groups in total. The van der Waals surface area contributed by atoms with Crippen LogP contribution >= 0.6 is 0 Å². The van der Waals surface area contributed by atoms with Crippen molar-refractivity contribution in [3.8, 4) is 0 Å². The Morgan fingerprint density at radius 1 is 1.29 bits per heavy atom. The van der Waals surface area contributed by atoms with Crippen molar-refractivity contribution in [1.82, 2.24) is 0 Å². The average Bonchev–Trinajstić information content (AvgIpc) is 2.37. The second-order valence-corrected chi connectivity index (χ2v) is 3.15. The fourth-order valence-corrected chi connectivity index (χ4v) is 1.41. The highest BCUT2D eigenvalue weighted by Crippen LogP contribution is 2.24. The van der Waals surface area contributed by atoms with Gasteiger partial charge in [-0.25, -0.2) is 0 Å². The van der Waals surface area contributed by atoms with Gasteiger partial charge in [-0.3, -0.25) is 9.59 Å². The predicted molar refractivity (Wildman–Crippen MR) is 53.6 cm³/mol. The van der Waals surface area contributed by atoms with E-state index in [0.29, 0.717) is 18.5 Å². The lowest BCUT2D eigenvalue weighted by Gasteiger charge is -2.07. The fourth-order valence-electron chi connectivity index (χ4n) is 1.41. The summed E-state index contributed by atoms with van der Waals surface area (Å²) in [5.41, 5.74) is 2.14. The molecule has 0 unspecified atom stereocenters. The summed E-state index contributed by atoms with van der Waals surface area (Å²) in [5.74, 6) is -0.00453. The van der Waals surface area contributed by atoms with Gasteiger partial charge in [0.05, 0.1) is 11.4 Å². The molecule has 0 bridgehead atoms. The number of nitrogens with one attached hydrogen (secondary N) is 2. The van der Waals surface area contributed by atoms with Gasteiger partial charge in [0.2, 0.25) is 5.91 Å². The van der Waals surface area contributed by atoms with Crippen LogP contribution in [0, 0.1) is 0 Å². The third-order valence-electron chi connectivity index (χ3n) is 2.12. The first-order valence-electron chi connectivity index (χ1n) is 4.42. The van der Waals surface area contributed by atoms with E-state index in [4.69, 9.17) is 0 Å². The first kappa shape index (κ1) is 8.74. The minimum atomic E-state index is -0.00453. The van der Waals surface area contributed by atoms with E-state index in [-0.39, 0.29) is 5.91 Å². The molecule has 0 spiro atoms. The van der Waals surface area contributed by atoms with Crippen LogP contribution in [0.15, 0.2) is 18.2 Å². The number of anilines is 2. The molecule has 4 nitrogen and oxygen atoms in total. The second-order valence-electron chi connectivity index (χ2n) is 3.15. The Morgan fingerprint density at radius 2 is 2.14 bits per heavy atom. The molecular formula is C10H10N2O2. The Kier molecular flexibility index (Phi) is 2.18. The van der Waals surface area contributed by atoms with E-state index >= 15 is 0 Å². The summed E-state index contributed by atoms with van der Waals surface area (Å²) >= 11 is 0. The lowest BCUT2D eigenvalue weighted by Crippen LogP contribution is -2.10. The first-order chi connectivity index (χ1) is 6.79. The standard InChI is InChI=1S/C10H10N2O2/c13-6-7-1-2-8-9(5-7)11-4-3-10(14)12-8/h1-2,5-6,11H,3-4H2,(H,12,14). The van der Waals surface area contributed by atoms with Crippen LogP contribution in [0.2, 0.25) is 0 Å². The van der Waals surface area contributed by atoms with Crippen molar-refractivity contribution in [1.29, 1.82) is 0 Å². The summed E-state index contributed by atoms with van der Waals surface area (Å²) in [6.07, 6.45) is 1.24. The molecule has 1 amide bonds. The molecule has 0 atom stereocenters. The molecule has 0 saturated heterocycles. The minimum Gasteiger partial charge on any atom is -0.383 e. The van der Waals surface area contributed by atoms with Crippen molar-refractivity contribution < 1.29 is 9.59 Å². The smallest absolute Gasteiger partial charge is 0.226 e. The zero-order chi connectivity index (χ0) is 9.97. The minimum absolute atomic E-state index is 0.00453. The van der Waals surface area contributed by atoms with Crippen molar-refractivity contribution >= 4 is 23.6 Å². The number of aldehydes is 1. The lowest BCUT2D eigenvalue weighted by molar-refractivity contribution is -0.115. The molecule has 1 aliphatic heterocycles. The maximum absolute atomic E-state index is 11.2. The van der Waals surface area contributed by atoms with Gasteiger partial charge >= 0.3 is 0 Å². The molecule has 0 radical (unpaired) electrons. The Hall–Kier alpha value is -1.84. The van der Waals surface area contributed by atoms with Gasteiger partial charge in [-0.1, -0.05) is 0 Å². The Balaban J connectivity index is 2.40. The molecule has 0 saturated carbocycles. The monoisotopic (exact) mass is 190 g/mol.